The maximum atomic E-state index is 10.7. The van der Waals surface area contributed by atoms with Crippen molar-refractivity contribution < 1.29 is 19.8 Å². The SMILES string of the molecule is N#Cc1ccccc1N(CCCC(=O)O)CCC(=O)O. The molecule has 1 aromatic carbocycles. The fourth-order valence-corrected chi connectivity index (χ4v) is 1.85. The largest absolute Gasteiger partial charge is 0.481 e. The van der Waals surface area contributed by atoms with Crippen LogP contribution in [0.5, 0.6) is 0 Å². The van der Waals surface area contributed by atoms with Gasteiger partial charge in [0.2, 0.25) is 0 Å². The van der Waals surface area contributed by atoms with E-state index in [9.17, 15) is 9.59 Å². The number of para-hydroxylation sites is 1. The lowest BCUT2D eigenvalue weighted by molar-refractivity contribution is -0.138. The molecule has 0 aromatic heterocycles. The van der Waals surface area contributed by atoms with Crippen molar-refractivity contribution in [2.45, 2.75) is 19.3 Å². The van der Waals surface area contributed by atoms with Crippen LogP contribution in [0.2, 0.25) is 0 Å². The van der Waals surface area contributed by atoms with Gasteiger partial charge in [0, 0.05) is 19.5 Å². The van der Waals surface area contributed by atoms with Gasteiger partial charge < -0.3 is 15.1 Å². The molecule has 6 heteroatoms. The minimum absolute atomic E-state index is 0.0122. The highest BCUT2D eigenvalue weighted by atomic mass is 16.4. The Labute approximate surface area is 116 Å². The van der Waals surface area contributed by atoms with Crippen molar-refractivity contribution in [2.24, 2.45) is 0 Å². The summed E-state index contributed by atoms with van der Waals surface area (Å²) in [6.07, 6.45) is 0.347. The van der Waals surface area contributed by atoms with Crippen LogP contribution in [0, 0.1) is 11.3 Å². The minimum atomic E-state index is -0.928. The predicted molar refractivity (Wildman–Crippen MR) is 72.5 cm³/mol. The van der Waals surface area contributed by atoms with Crippen LogP contribution < -0.4 is 4.90 Å². The summed E-state index contributed by atoms with van der Waals surface area (Å²) in [7, 11) is 0. The molecule has 6 nitrogen and oxygen atoms in total. The van der Waals surface area contributed by atoms with E-state index in [1.54, 1.807) is 29.2 Å². The Balaban J connectivity index is 2.82. The van der Waals surface area contributed by atoms with Gasteiger partial charge in [0.1, 0.15) is 6.07 Å². The molecular formula is C14H16N2O4. The third-order valence-corrected chi connectivity index (χ3v) is 2.78. The van der Waals surface area contributed by atoms with Gasteiger partial charge >= 0.3 is 11.9 Å². The number of carboxylic acids is 2. The highest BCUT2D eigenvalue weighted by Crippen LogP contribution is 2.20. The summed E-state index contributed by atoms with van der Waals surface area (Å²) in [4.78, 5) is 23.0. The van der Waals surface area contributed by atoms with Crippen LogP contribution >= 0.6 is 0 Å². The first-order valence-corrected chi connectivity index (χ1v) is 6.22. The number of benzene rings is 1. The van der Waals surface area contributed by atoms with Gasteiger partial charge in [-0.05, 0) is 18.6 Å². The van der Waals surface area contributed by atoms with Crippen molar-refractivity contribution in [1.82, 2.24) is 0 Å². The van der Waals surface area contributed by atoms with E-state index in [2.05, 4.69) is 6.07 Å². The molecule has 0 aliphatic carbocycles. The van der Waals surface area contributed by atoms with Gasteiger partial charge in [-0.1, -0.05) is 12.1 Å². The lowest BCUT2D eigenvalue weighted by Crippen LogP contribution is -2.28. The number of nitrogens with zero attached hydrogens (tertiary/aromatic N) is 2. The minimum Gasteiger partial charge on any atom is -0.481 e. The normalized spacial score (nSPS) is 9.75. The monoisotopic (exact) mass is 276 g/mol. The fourth-order valence-electron chi connectivity index (χ4n) is 1.85. The molecule has 0 saturated carbocycles. The van der Waals surface area contributed by atoms with Gasteiger partial charge in [0.05, 0.1) is 17.7 Å². The van der Waals surface area contributed by atoms with Gasteiger partial charge in [0.25, 0.3) is 0 Å². The van der Waals surface area contributed by atoms with Crippen molar-refractivity contribution in [3.63, 3.8) is 0 Å². The molecule has 106 valence electrons. The van der Waals surface area contributed by atoms with Crippen LogP contribution in [0.25, 0.3) is 0 Å². The molecule has 0 amide bonds. The molecular weight excluding hydrogens is 260 g/mol. The molecule has 0 heterocycles. The maximum Gasteiger partial charge on any atom is 0.305 e. The topological polar surface area (TPSA) is 102 Å². The van der Waals surface area contributed by atoms with Gasteiger partial charge in [-0.3, -0.25) is 9.59 Å². The van der Waals surface area contributed by atoms with Crippen molar-refractivity contribution in [3.8, 4) is 6.07 Å². The Morgan fingerprint density at radius 1 is 1.10 bits per heavy atom. The second kappa shape index (κ2) is 7.79. The summed E-state index contributed by atoms with van der Waals surface area (Å²) in [5, 5.41) is 26.5. The number of rotatable bonds is 8. The van der Waals surface area contributed by atoms with Crippen LogP contribution in [-0.2, 0) is 9.59 Å². The summed E-state index contributed by atoms with van der Waals surface area (Å²) >= 11 is 0. The van der Waals surface area contributed by atoms with Crippen molar-refractivity contribution in [2.75, 3.05) is 18.0 Å². The molecule has 0 bridgehead atoms. The molecule has 0 aliphatic rings. The van der Waals surface area contributed by atoms with E-state index in [0.717, 1.165) is 0 Å². The van der Waals surface area contributed by atoms with Gasteiger partial charge in [0.15, 0.2) is 0 Å². The van der Waals surface area contributed by atoms with E-state index in [0.29, 0.717) is 24.2 Å². The van der Waals surface area contributed by atoms with Crippen LogP contribution in [-0.4, -0.2) is 35.2 Å². The average molecular weight is 276 g/mol. The number of hydrogen-bond acceptors (Lipinski definition) is 4. The van der Waals surface area contributed by atoms with E-state index >= 15 is 0 Å². The molecule has 20 heavy (non-hydrogen) atoms. The molecule has 2 N–H and O–H groups in total. The standard InChI is InChI=1S/C14H16N2O4/c15-10-11-4-1-2-5-12(11)16(9-7-14(19)20)8-3-6-13(17)18/h1-2,4-5H,3,6-9H2,(H,17,18)(H,19,20). The van der Waals surface area contributed by atoms with Crippen LogP contribution in [0.3, 0.4) is 0 Å². The number of aliphatic carboxylic acids is 2. The molecule has 0 fully saturated rings. The number of nitriles is 1. The number of hydrogen-bond donors (Lipinski definition) is 2. The van der Waals surface area contributed by atoms with E-state index in [1.807, 2.05) is 0 Å². The lowest BCUT2D eigenvalue weighted by atomic mass is 10.1. The van der Waals surface area contributed by atoms with E-state index in [1.165, 1.54) is 0 Å². The molecule has 0 spiro atoms. The van der Waals surface area contributed by atoms with Crippen molar-refractivity contribution in [3.05, 3.63) is 29.8 Å². The van der Waals surface area contributed by atoms with Crippen LogP contribution in [0.1, 0.15) is 24.8 Å². The summed E-state index contributed by atoms with van der Waals surface area (Å²) in [6.45, 7) is 0.645. The molecule has 1 rings (SSSR count). The van der Waals surface area contributed by atoms with Gasteiger partial charge in [-0.2, -0.15) is 5.26 Å². The number of anilines is 1. The first-order chi connectivity index (χ1) is 9.54. The second-order valence-corrected chi connectivity index (χ2v) is 4.26. The fraction of sp³-hybridized carbons (Fsp3) is 0.357. The summed E-state index contributed by atoms with van der Waals surface area (Å²) in [5.74, 6) is -1.82. The number of carboxylic acid groups (broad SMARTS) is 2. The molecule has 0 aliphatic heterocycles. The van der Waals surface area contributed by atoms with Crippen LogP contribution in [0.4, 0.5) is 5.69 Å². The lowest BCUT2D eigenvalue weighted by Gasteiger charge is -2.24. The van der Waals surface area contributed by atoms with Crippen molar-refractivity contribution >= 4 is 17.6 Å². The summed E-state index contributed by atoms with van der Waals surface area (Å²) < 4.78 is 0. The van der Waals surface area contributed by atoms with E-state index < -0.39 is 11.9 Å². The zero-order valence-corrected chi connectivity index (χ0v) is 11.0. The third kappa shape index (κ3) is 4.98. The van der Waals surface area contributed by atoms with E-state index in [-0.39, 0.29) is 19.4 Å². The molecule has 0 unspecified atom stereocenters. The molecule has 1 aromatic rings. The Hall–Kier alpha value is -2.55. The average Bonchev–Trinajstić information content (AvgIpc) is 2.42. The molecule has 0 atom stereocenters. The number of carbonyl (C=O) groups is 2. The first-order valence-electron chi connectivity index (χ1n) is 6.22. The van der Waals surface area contributed by atoms with E-state index in [4.69, 9.17) is 15.5 Å². The van der Waals surface area contributed by atoms with Gasteiger partial charge in [-0.15, -0.1) is 0 Å². The zero-order chi connectivity index (χ0) is 15.0. The molecule has 0 saturated heterocycles. The van der Waals surface area contributed by atoms with Crippen molar-refractivity contribution in [1.29, 1.82) is 5.26 Å². The smallest absolute Gasteiger partial charge is 0.305 e. The highest BCUT2D eigenvalue weighted by Gasteiger charge is 2.12. The molecule has 0 radical (unpaired) electrons. The second-order valence-electron chi connectivity index (χ2n) is 4.26. The van der Waals surface area contributed by atoms with Gasteiger partial charge in [-0.25, -0.2) is 0 Å². The highest BCUT2D eigenvalue weighted by molar-refractivity contribution is 5.69. The Morgan fingerprint density at radius 2 is 1.75 bits per heavy atom. The zero-order valence-electron chi connectivity index (χ0n) is 11.0. The Bertz CT molecular complexity index is 522. The third-order valence-electron chi connectivity index (χ3n) is 2.78. The Kier molecular flexibility index (Phi) is 6.04. The maximum absolute atomic E-state index is 10.7. The predicted octanol–water partition coefficient (Wildman–Crippen LogP) is 1.70. The first kappa shape index (κ1) is 15.5. The Morgan fingerprint density at radius 3 is 2.35 bits per heavy atom. The summed E-state index contributed by atoms with van der Waals surface area (Å²) in [5.41, 5.74) is 1.09. The van der Waals surface area contributed by atoms with Crippen LogP contribution in [0.15, 0.2) is 24.3 Å². The summed E-state index contributed by atoms with van der Waals surface area (Å²) in [6, 6.07) is 8.94. The quantitative estimate of drug-likeness (QED) is 0.749.